The Kier molecular flexibility index (Phi) is 8.16. The van der Waals surface area contributed by atoms with E-state index in [-0.39, 0.29) is 11.8 Å². The smallest absolute Gasteiger partial charge is 0.255 e. The molecule has 0 fully saturated rings. The summed E-state index contributed by atoms with van der Waals surface area (Å²) in [5.41, 5.74) is 9.22. The Balaban J connectivity index is 1.28. The number of benzene rings is 4. The predicted octanol–water partition coefficient (Wildman–Crippen LogP) is 7.14. The van der Waals surface area contributed by atoms with E-state index in [0.717, 1.165) is 44.8 Å². The van der Waals surface area contributed by atoms with Crippen molar-refractivity contribution in [1.82, 2.24) is 0 Å². The number of nitrogens with one attached hydrogen (secondary N) is 2. The van der Waals surface area contributed by atoms with E-state index in [9.17, 15) is 9.59 Å². The van der Waals surface area contributed by atoms with Crippen molar-refractivity contribution in [2.45, 2.75) is 40.9 Å². The summed E-state index contributed by atoms with van der Waals surface area (Å²) in [6, 6.07) is 26.7. The summed E-state index contributed by atoms with van der Waals surface area (Å²) in [4.78, 5) is 25.2. The minimum atomic E-state index is -0.133. The number of hydrogen-bond acceptors (Lipinski definition) is 3. The highest BCUT2D eigenvalue weighted by Crippen LogP contribution is 2.17. The summed E-state index contributed by atoms with van der Waals surface area (Å²) < 4.78 is 5.89. The highest BCUT2D eigenvalue weighted by molar-refractivity contribution is 6.05. The number of hydrogen-bond donors (Lipinski definition) is 2. The van der Waals surface area contributed by atoms with Crippen LogP contribution in [0.5, 0.6) is 0 Å². The summed E-state index contributed by atoms with van der Waals surface area (Å²) in [7, 11) is 0. The first-order valence-electron chi connectivity index (χ1n) is 12.3. The Hall–Kier alpha value is -4.22. The van der Waals surface area contributed by atoms with Gasteiger partial charge in [-0.3, -0.25) is 9.59 Å². The van der Waals surface area contributed by atoms with Gasteiger partial charge in [-0.1, -0.05) is 36.4 Å². The highest BCUT2D eigenvalue weighted by Gasteiger charge is 2.09. The van der Waals surface area contributed by atoms with Gasteiger partial charge < -0.3 is 15.4 Å². The van der Waals surface area contributed by atoms with Gasteiger partial charge in [-0.2, -0.15) is 0 Å². The average Bonchev–Trinajstić information content (AvgIpc) is 2.88. The lowest BCUT2D eigenvalue weighted by Gasteiger charge is -2.10. The summed E-state index contributed by atoms with van der Waals surface area (Å²) in [6.07, 6.45) is 0. The molecule has 4 aromatic rings. The maximum absolute atomic E-state index is 12.6. The van der Waals surface area contributed by atoms with Crippen LogP contribution in [0.2, 0.25) is 0 Å². The fourth-order valence-corrected chi connectivity index (χ4v) is 3.88. The normalized spacial score (nSPS) is 10.7. The van der Waals surface area contributed by atoms with Crippen LogP contribution in [0, 0.1) is 27.7 Å². The Labute approximate surface area is 218 Å². The number of anilines is 2. The van der Waals surface area contributed by atoms with Crippen LogP contribution in [-0.2, 0) is 18.0 Å². The molecule has 2 N–H and O–H groups in total. The van der Waals surface area contributed by atoms with Gasteiger partial charge >= 0.3 is 0 Å². The molecule has 0 radical (unpaired) electrons. The molecule has 0 aliphatic rings. The van der Waals surface area contributed by atoms with Gasteiger partial charge in [0.2, 0.25) is 0 Å². The van der Waals surface area contributed by atoms with E-state index in [2.05, 4.69) is 10.6 Å². The molecule has 37 heavy (non-hydrogen) atoms. The van der Waals surface area contributed by atoms with Crippen molar-refractivity contribution in [2.75, 3.05) is 10.6 Å². The van der Waals surface area contributed by atoms with Gasteiger partial charge in [0.15, 0.2) is 0 Å². The molecule has 4 rings (SSSR count). The van der Waals surface area contributed by atoms with E-state index in [1.807, 2.05) is 113 Å². The van der Waals surface area contributed by atoms with Crippen LogP contribution >= 0.6 is 0 Å². The van der Waals surface area contributed by atoms with E-state index in [4.69, 9.17) is 4.74 Å². The number of rotatable bonds is 8. The molecule has 2 amide bonds. The standard InChI is InChI=1S/C32H32N2O3/c1-21-8-12-27(16-23(21)3)31(35)33-29-14-10-25(11-15-29)19-37-20-26-6-5-7-30(18-26)34-32(36)28-13-9-22(2)24(4)17-28/h5-18H,19-20H2,1-4H3,(H,33,35)(H,34,36). The minimum absolute atomic E-state index is 0.128. The van der Waals surface area contributed by atoms with Gasteiger partial charge in [0.1, 0.15) is 0 Å². The molecule has 0 bridgehead atoms. The van der Waals surface area contributed by atoms with E-state index in [1.54, 1.807) is 0 Å². The van der Waals surface area contributed by atoms with Gasteiger partial charge in [0.25, 0.3) is 11.8 Å². The number of aryl methyl sites for hydroxylation is 4. The maximum atomic E-state index is 12.6. The fraction of sp³-hybridized carbons (Fsp3) is 0.188. The maximum Gasteiger partial charge on any atom is 0.255 e. The molecule has 0 spiro atoms. The van der Waals surface area contributed by atoms with Crippen molar-refractivity contribution in [1.29, 1.82) is 0 Å². The predicted molar refractivity (Wildman–Crippen MR) is 149 cm³/mol. The van der Waals surface area contributed by atoms with E-state index >= 15 is 0 Å². The zero-order valence-corrected chi connectivity index (χ0v) is 21.7. The van der Waals surface area contributed by atoms with Crippen molar-refractivity contribution >= 4 is 23.2 Å². The molecule has 0 saturated heterocycles. The molecule has 0 heterocycles. The third kappa shape index (κ3) is 6.93. The van der Waals surface area contributed by atoms with Crippen molar-refractivity contribution < 1.29 is 14.3 Å². The van der Waals surface area contributed by atoms with Gasteiger partial charge in [0, 0.05) is 22.5 Å². The van der Waals surface area contributed by atoms with Crippen LogP contribution in [0.1, 0.15) is 54.1 Å². The van der Waals surface area contributed by atoms with Gasteiger partial charge in [-0.25, -0.2) is 0 Å². The average molecular weight is 493 g/mol. The van der Waals surface area contributed by atoms with Crippen molar-refractivity contribution in [2.24, 2.45) is 0 Å². The van der Waals surface area contributed by atoms with Gasteiger partial charge in [-0.05, 0) is 110 Å². The largest absolute Gasteiger partial charge is 0.372 e. The first-order chi connectivity index (χ1) is 17.8. The van der Waals surface area contributed by atoms with E-state index in [0.29, 0.717) is 24.3 Å². The lowest BCUT2D eigenvalue weighted by molar-refractivity contribution is 0.101. The second-order valence-corrected chi connectivity index (χ2v) is 9.40. The highest BCUT2D eigenvalue weighted by atomic mass is 16.5. The molecule has 0 aliphatic carbocycles. The van der Waals surface area contributed by atoms with Gasteiger partial charge in [-0.15, -0.1) is 0 Å². The van der Waals surface area contributed by atoms with Crippen LogP contribution in [-0.4, -0.2) is 11.8 Å². The fourth-order valence-electron chi connectivity index (χ4n) is 3.88. The number of amides is 2. The third-order valence-corrected chi connectivity index (χ3v) is 6.47. The molecule has 188 valence electrons. The number of carbonyl (C=O) groups excluding carboxylic acids is 2. The monoisotopic (exact) mass is 492 g/mol. The van der Waals surface area contributed by atoms with Crippen LogP contribution in [0.15, 0.2) is 84.9 Å². The summed E-state index contributed by atoms with van der Waals surface area (Å²) in [6.45, 7) is 8.90. The second-order valence-electron chi connectivity index (χ2n) is 9.40. The molecular formula is C32H32N2O3. The van der Waals surface area contributed by atoms with Crippen molar-refractivity contribution in [3.05, 3.63) is 129 Å². The Morgan fingerprint density at radius 3 is 1.68 bits per heavy atom. The van der Waals surface area contributed by atoms with Crippen LogP contribution in [0.4, 0.5) is 11.4 Å². The molecular weight excluding hydrogens is 460 g/mol. The van der Waals surface area contributed by atoms with Gasteiger partial charge in [0.05, 0.1) is 13.2 Å². The topological polar surface area (TPSA) is 67.4 Å². The molecule has 0 atom stereocenters. The van der Waals surface area contributed by atoms with E-state index in [1.165, 1.54) is 0 Å². The molecule has 5 nitrogen and oxygen atoms in total. The molecule has 4 aromatic carbocycles. The zero-order valence-electron chi connectivity index (χ0n) is 21.7. The van der Waals surface area contributed by atoms with Crippen molar-refractivity contribution in [3.63, 3.8) is 0 Å². The zero-order chi connectivity index (χ0) is 26.4. The van der Waals surface area contributed by atoms with Crippen LogP contribution < -0.4 is 10.6 Å². The van der Waals surface area contributed by atoms with Crippen molar-refractivity contribution in [3.8, 4) is 0 Å². The molecule has 5 heteroatoms. The Morgan fingerprint density at radius 1 is 0.568 bits per heavy atom. The first-order valence-corrected chi connectivity index (χ1v) is 12.3. The SMILES string of the molecule is Cc1ccc(C(=O)Nc2ccc(COCc3cccc(NC(=O)c4ccc(C)c(C)c4)c3)cc2)cc1C. The Morgan fingerprint density at radius 2 is 1.11 bits per heavy atom. The minimum Gasteiger partial charge on any atom is -0.372 e. The summed E-state index contributed by atoms with van der Waals surface area (Å²) >= 11 is 0. The molecule has 0 saturated carbocycles. The molecule has 0 unspecified atom stereocenters. The first kappa shape index (κ1) is 25.9. The lowest BCUT2D eigenvalue weighted by Crippen LogP contribution is -2.12. The number of ether oxygens (including phenoxy) is 1. The second kappa shape index (κ2) is 11.7. The molecule has 0 aliphatic heterocycles. The summed E-state index contributed by atoms with van der Waals surface area (Å²) in [5, 5.41) is 5.90. The lowest BCUT2D eigenvalue weighted by atomic mass is 10.1. The molecule has 0 aromatic heterocycles. The van der Waals surface area contributed by atoms with Crippen LogP contribution in [0.3, 0.4) is 0 Å². The number of carbonyl (C=O) groups is 2. The van der Waals surface area contributed by atoms with Crippen LogP contribution in [0.25, 0.3) is 0 Å². The Bertz CT molecular complexity index is 1420. The third-order valence-electron chi connectivity index (χ3n) is 6.47. The van der Waals surface area contributed by atoms with E-state index < -0.39 is 0 Å². The quantitative estimate of drug-likeness (QED) is 0.275. The summed E-state index contributed by atoms with van der Waals surface area (Å²) in [5.74, 6) is -0.262.